The Morgan fingerprint density at radius 2 is 0.722 bits per heavy atom. The number of carboxylic acids is 3. The van der Waals surface area contributed by atoms with Gasteiger partial charge in [-0.25, -0.2) is 14.4 Å². The molecule has 0 aliphatic carbocycles. The number of ether oxygens (including phenoxy) is 13. The molecule has 0 aromatic carbocycles. The molecule has 0 spiro atoms. The van der Waals surface area contributed by atoms with Crippen molar-refractivity contribution in [3.8, 4) is 0 Å². The van der Waals surface area contributed by atoms with Gasteiger partial charge in [0, 0.05) is 47.0 Å². The van der Waals surface area contributed by atoms with E-state index in [1.54, 1.807) is 0 Å². The van der Waals surface area contributed by atoms with Gasteiger partial charge in [-0.2, -0.15) is 0 Å². The van der Waals surface area contributed by atoms with Crippen molar-refractivity contribution < 1.29 is 223 Å². The summed E-state index contributed by atoms with van der Waals surface area (Å²) in [5, 5.41) is 285. The fourth-order valence-corrected chi connectivity index (χ4v) is 13.7. The Kier molecular flexibility index (Phi) is 31.4. The molecule has 0 unspecified atom stereocenters. The number of carbonyl (C=O) groups is 7. The van der Waals surface area contributed by atoms with Gasteiger partial charge in [-0.1, -0.05) is 0 Å². The van der Waals surface area contributed by atoms with Gasteiger partial charge >= 0.3 is 17.9 Å². The van der Waals surface area contributed by atoms with Gasteiger partial charge in [-0.05, 0) is 0 Å². The summed E-state index contributed by atoms with van der Waals surface area (Å²) in [5.41, 5.74) is 0. The SMILES string of the molecule is CC(=O)N[C@H]1[C@H](O[C@@H]2[C@H](O[C@@]3(C(=O)O)C[C@H](O)[C@@H](NC(C)=O)[C@H]([C@H](O)[C@@H](CO)O[C@]4(C(=O)O)C[C@H](O)[C@@H](NC(C)=O)[C@H]([C@H](O)[C@H](O)CO)O4)O3)[C@@H](O)[C@H](O[C@H]3[C@H](O)[C@@H](O)[C@H](O)O[C@@H]3CO)O[C@@H]2CO)O[C@H](CO)[C@H](O)[C@@H]1O[C@@H]1O[C@H](CO)[C@H](O)[C@H](O[C@]2(C(=O)O)C[C@H](O)[C@@H](NC(C)=O)[C@H]([C@H](O)[C@H](O)CO)O2)[C@H]1O. The average Bonchev–Trinajstić information content (AvgIpc) is 0.749. The second kappa shape index (κ2) is 37.7. The van der Waals surface area contributed by atoms with Gasteiger partial charge in [-0.15, -0.1) is 0 Å². The first kappa shape index (κ1) is 90.1. The molecule has 7 heterocycles. The number of aliphatic hydroxyl groups excluding tert-OH is 22. The van der Waals surface area contributed by atoms with E-state index >= 15 is 0 Å². The van der Waals surface area contributed by atoms with Crippen LogP contribution in [0.1, 0.15) is 47.0 Å². The largest absolute Gasteiger partial charge is 0.477 e. The lowest BCUT2D eigenvalue weighted by molar-refractivity contribution is -0.405. The highest BCUT2D eigenvalue weighted by Crippen LogP contribution is 2.44. The van der Waals surface area contributed by atoms with E-state index in [1.165, 1.54) is 0 Å². The van der Waals surface area contributed by atoms with E-state index < -0.39 is 339 Å². The first-order valence-electron chi connectivity index (χ1n) is 33.5. The standard InChI is InChI=1S/C59H96N4O45/c1-15(71)60-29-19(75)5-57(54(90)91,104-45(29)33(80)22(78)8-64)103-26(12-68)37(84)47-31(62-17(3)73)21(77)7-59(106-47,56(94)95)108-49-41(88)53(100-42-27(13-69)96-50(89)39(86)38(42)85)99-28(14-70)43(49)101-51-32(63-18(4)74)44(35(82)24(10-66)97-51)102-52-40(87)48(36(83)25(11-67)98-52)107-58(55(92)93)6-20(76)30(61-16(2)72)46(105-58)34(81)23(79)9-65/h19-53,64-70,75-89H,5-14H2,1-4H3,(H,60,71)(H,61,72)(H,62,73)(H,63,74)(H,90,91)(H,92,93)(H,94,95)/t19-,20-,21-,22+,23+,24+,25+,26+,27+,28+,29+,30+,31+,32+,33+,34+,35-,36-,37+,38+,39+,40+,41+,42+,43-,44+,45+,46+,47+,48-,49+,50+,51-,52-,53-,57+,58-,59+/m0/s1. The van der Waals surface area contributed by atoms with Gasteiger partial charge in [0.2, 0.25) is 23.6 Å². The van der Waals surface area contributed by atoms with Gasteiger partial charge in [0.15, 0.2) is 25.2 Å². The summed E-state index contributed by atoms with van der Waals surface area (Å²) in [6, 6.07) is -8.01. The van der Waals surface area contributed by atoms with E-state index in [4.69, 9.17) is 61.6 Å². The van der Waals surface area contributed by atoms with Crippen LogP contribution in [0.4, 0.5) is 0 Å². The van der Waals surface area contributed by atoms with Gasteiger partial charge in [0.1, 0.15) is 153 Å². The molecule has 49 heteroatoms. The average molecular weight is 1580 g/mol. The second-order valence-electron chi connectivity index (χ2n) is 26.8. The summed E-state index contributed by atoms with van der Waals surface area (Å²) in [6.07, 6.45) is -77.8. The highest BCUT2D eigenvalue weighted by Gasteiger charge is 2.66. The van der Waals surface area contributed by atoms with Crippen molar-refractivity contribution >= 4 is 41.5 Å². The molecule has 0 aromatic rings. The maximum atomic E-state index is 14.2. The number of aliphatic carboxylic acids is 3. The number of carboxylic acid groups (broad SMARTS) is 3. The third kappa shape index (κ3) is 19.4. The topological polar surface area (TPSA) is 793 Å². The molecule has 7 aliphatic rings. The molecule has 108 heavy (non-hydrogen) atoms. The molecule has 0 saturated carbocycles. The van der Waals surface area contributed by atoms with Crippen molar-refractivity contribution in [1.29, 1.82) is 0 Å². The van der Waals surface area contributed by atoms with Crippen LogP contribution < -0.4 is 21.3 Å². The van der Waals surface area contributed by atoms with Crippen molar-refractivity contribution in [2.24, 2.45) is 0 Å². The highest BCUT2D eigenvalue weighted by atomic mass is 16.8. The smallest absolute Gasteiger partial charge is 0.364 e. The molecule has 38 atom stereocenters. The minimum atomic E-state index is -3.75. The van der Waals surface area contributed by atoms with Crippen LogP contribution in [0.25, 0.3) is 0 Å². The molecule has 7 rings (SSSR count). The molecule has 7 fully saturated rings. The number of nitrogens with one attached hydrogen (secondary N) is 4. The normalized spacial score (nSPS) is 43.4. The first-order chi connectivity index (χ1) is 50.6. The number of aliphatic hydroxyl groups is 22. The van der Waals surface area contributed by atoms with E-state index in [-0.39, 0.29) is 0 Å². The molecule has 0 radical (unpaired) electrons. The summed E-state index contributed by atoms with van der Waals surface area (Å²) in [4.78, 5) is 91.6. The number of amides is 4. The molecular weight excluding hydrogens is 1480 g/mol. The van der Waals surface area contributed by atoms with Crippen LogP contribution in [0.3, 0.4) is 0 Å². The lowest BCUT2D eigenvalue weighted by Gasteiger charge is -2.53. The van der Waals surface area contributed by atoms with Crippen LogP contribution >= 0.6 is 0 Å². The Labute approximate surface area is 609 Å². The minimum absolute atomic E-state index is 0.809. The molecule has 7 saturated heterocycles. The minimum Gasteiger partial charge on any atom is -0.477 e. The van der Waals surface area contributed by atoms with Crippen molar-refractivity contribution in [2.45, 2.75) is 278 Å². The maximum Gasteiger partial charge on any atom is 0.364 e. The summed E-state index contributed by atoms with van der Waals surface area (Å²) in [5.74, 6) is -21.5. The van der Waals surface area contributed by atoms with Gasteiger partial charge in [0.25, 0.3) is 17.4 Å². The summed E-state index contributed by atoms with van der Waals surface area (Å²) < 4.78 is 75.7. The van der Waals surface area contributed by atoms with Gasteiger partial charge in [-0.3, -0.25) is 19.2 Å². The predicted molar refractivity (Wildman–Crippen MR) is 330 cm³/mol. The Bertz CT molecular complexity index is 3010. The zero-order valence-electron chi connectivity index (χ0n) is 57.6. The molecular formula is C59H96N4O45. The fraction of sp³-hybridized carbons (Fsp3) is 0.881. The first-order valence-corrected chi connectivity index (χ1v) is 33.5. The Balaban J connectivity index is 1.31. The number of rotatable bonds is 32. The summed E-state index contributed by atoms with van der Waals surface area (Å²) in [6.45, 7) is -5.89. The molecule has 49 nitrogen and oxygen atoms in total. The third-order valence-electron chi connectivity index (χ3n) is 19.1. The third-order valence-corrected chi connectivity index (χ3v) is 19.1. The van der Waals surface area contributed by atoms with Crippen LogP contribution in [-0.4, -0.2) is 447 Å². The van der Waals surface area contributed by atoms with Crippen LogP contribution in [0.15, 0.2) is 0 Å². The van der Waals surface area contributed by atoms with E-state index in [2.05, 4.69) is 21.3 Å². The molecule has 0 bridgehead atoms. The van der Waals surface area contributed by atoms with E-state index in [0.717, 1.165) is 27.7 Å². The number of hydrogen-bond donors (Lipinski definition) is 29. The van der Waals surface area contributed by atoms with Gasteiger partial charge in [0.05, 0.1) is 82.7 Å². The summed E-state index contributed by atoms with van der Waals surface area (Å²) >= 11 is 0. The van der Waals surface area contributed by atoms with Crippen LogP contribution in [-0.2, 0) is 95.1 Å². The van der Waals surface area contributed by atoms with Gasteiger partial charge < -0.3 is 211 Å². The molecule has 622 valence electrons. The van der Waals surface area contributed by atoms with Crippen LogP contribution in [0, 0.1) is 0 Å². The Morgan fingerprint density at radius 1 is 0.380 bits per heavy atom. The lowest BCUT2D eigenvalue weighted by Crippen LogP contribution is -2.73. The number of carbonyl (C=O) groups excluding carboxylic acids is 4. The number of hydrogen-bond acceptors (Lipinski definition) is 42. The molecule has 7 aliphatic heterocycles. The monoisotopic (exact) mass is 1580 g/mol. The quantitative estimate of drug-likeness (QED) is 0.0297. The molecule has 0 aromatic heterocycles. The lowest BCUT2D eigenvalue weighted by atomic mass is 9.87. The maximum absolute atomic E-state index is 14.2. The zero-order valence-corrected chi connectivity index (χ0v) is 57.6. The second-order valence-corrected chi connectivity index (χ2v) is 26.8. The van der Waals surface area contributed by atoms with Crippen molar-refractivity contribution in [1.82, 2.24) is 21.3 Å². The van der Waals surface area contributed by atoms with E-state index in [1.807, 2.05) is 0 Å². The highest BCUT2D eigenvalue weighted by molar-refractivity contribution is 5.78. The fourth-order valence-electron chi connectivity index (χ4n) is 13.7. The predicted octanol–water partition coefficient (Wildman–Crippen LogP) is -18.1. The van der Waals surface area contributed by atoms with E-state index in [9.17, 15) is 161 Å². The van der Waals surface area contributed by atoms with Crippen LogP contribution in [0.5, 0.6) is 0 Å². The Hall–Kier alpha value is -5.11. The van der Waals surface area contributed by atoms with Crippen molar-refractivity contribution in [3.63, 3.8) is 0 Å². The molecule has 4 amide bonds. The summed E-state index contributed by atoms with van der Waals surface area (Å²) in [7, 11) is 0. The Morgan fingerprint density at radius 3 is 1.13 bits per heavy atom. The van der Waals surface area contributed by atoms with Crippen molar-refractivity contribution in [2.75, 3.05) is 46.2 Å². The van der Waals surface area contributed by atoms with Crippen molar-refractivity contribution in [3.05, 3.63) is 0 Å². The van der Waals surface area contributed by atoms with Crippen LogP contribution in [0.2, 0.25) is 0 Å². The van der Waals surface area contributed by atoms with E-state index in [0.29, 0.717) is 0 Å². The zero-order chi connectivity index (χ0) is 80.8. The molecule has 29 N–H and O–H groups in total.